The van der Waals surface area contributed by atoms with Crippen molar-refractivity contribution in [3.8, 4) is 5.75 Å². The van der Waals surface area contributed by atoms with Gasteiger partial charge in [-0.1, -0.05) is 6.07 Å². The maximum atomic E-state index is 14.3. The summed E-state index contributed by atoms with van der Waals surface area (Å²) in [5.41, 5.74) is 0.468. The molecule has 0 aliphatic rings. The van der Waals surface area contributed by atoms with Crippen LogP contribution in [0.3, 0.4) is 0 Å². The van der Waals surface area contributed by atoms with Crippen molar-refractivity contribution in [2.75, 3.05) is 7.11 Å². The second-order valence-corrected chi connectivity index (χ2v) is 11.4. The van der Waals surface area contributed by atoms with Gasteiger partial charge in [0.15, 0.2) is 11.6 Å². The van der Waals surface area contributed by atoms with Crippen molar-refractivity contribution in [3.05, 3.63) is 34.6 Å². The molecule has 0 bridgehead atoms. The maximum absolute atomic E-state index is 14.3. The van der Waals surface area contributed by atoms with Crippen molar-refractivity contribution in [3.63, 3.8) is 0 Å². The molecule has 0 heterocycles. The number of ether oxygens (including phenoxy) is 1. The van der Waals surface area contributed by atoms with Crippen molar-refractivity contribution in [1.82, 2.24) is 0 Å². The van der Waals surface area contributed by atoms with E-state index in [-0.39, 0.29) is 35.2 Å². The second-order valence-electron chi connectivity index (χ2n) is 7.77. The molecule has 172 valence electrons. The van der Waals surface area contributed by atoms with Gasteiger partial charge in [0.1, 0.15) is 5.06 Å². The van der Waals surface area contributed by atoms with Crippen molar-refractivity contribution >= 4 is 22.0 Å². The SMILES string of the molecule is COc1ccc(/C=C(\P(OC(C)C)OC(C)C)P(=O)(OC(C)C)OC(C)C)cc1F. The van der Waals surface area contributed by atoms with Crippen LogP contribution in [0.25, 0.3) is 6.08 Å². The van der Waals surface area contributed by atoms with Gasteiger partial charge in [-0.3, -0.25) is 4.57 Å². The van der Waals surface area contributed by atoms with Crippen LogP contribution in [0.15, 0.2) is 23.3 Å². The van der Waals surface area contributed by atoms with Gasteiger partial charge in [0.25, 0.3) is 0 Å². The predicted molar refractivity (Wildman–Crippen MR) is 120 cm³/mol. The molecule has 1 aromatic rings. The molecule has 0 atom stereocenters. The zero-order chi connectivity index (χ0) is 23.1. The summed E-state index contributed by atoms with van der Waals surface area (Å²) in [6.45, 7) is 14.5. The number of methoxy groups -OCH3 is 1. The van der Waals surface area contributed by atoms with Gasteiger partial charge in [-0.2, -0.15) is 0 Å². The van der Waals surface area contributed by atoms with Crippen LogP contribution in [-0.2, 0) is 22.7 Å². The van der Waals surface area contributed by atoms with Gasteiger partial charge in [0.2, 0.25) is 8.38 Å². The monoisotopic (exact) mass is 464 g/mol. The number of halogens is 1. The molecule has 9 heteroatoms. The Labute approximate surface area is 181 Å². The Kier molecular flexibility index (Phi) is 11.1. The van der Waals surface area contributed by atoms with Gasteiger partial charge < -0.3 is 22.8 Å². The van der Waals surface area contributed by atoms with Crippen molar-refractivity contribution in [2.45, 2.75) is 79.8 Å². The van der Waals surface area contributed by atoms with Crippen LogP contribution in [0.4, 0.5) is 4.39 Å². The number of benzene rings is 1. The highest BCUT2D eigenvalue weighted by molar-refractivity contribution is 7.76. The van der Waals surface area contributed by atoms with Gasteiger partial charge in [-0.15, -0.1) is 0 Å². The smallest absolute Gasteiger partial charge is 0.366 e. The van der Waals surface area contributed by atoms with E-state index in [0.29, 0.717) is 5.56 Å². The molecule has 0 N–H and O–H groups in total. The molecule has 0 aliphatic heterocycles. The first-order valence-electron chi connectivity index (χ1n) is 10.0. The highest BCUT2D eigenvalue weighted by atomic mass is 31.2. The summed E-state index contributed by atoms with van der Waals surface area (Å²) in [6, 6.07) is 4.46. The molecule has 0 aromatic heterocycles. The highest BCUT2D eigenvalue weighted by Crippen LogP contribution is 2.71. The van der Waals surface area contributed by atoms with Crippen molar-refractivity contribution in [2.24, 2.45) is 0 Å². The molecule has 0 radical (unpaired) electrons. The van der Waals surface area contributed by atoms with Crippen LogP contribution >= 0.6 is 16.0 Å². The van der Waals surface area contributed by atoms with Gasteiger partial charge in [-0.25, -0.2) is 4.39 Å². The van der Waals surface area contributed by atoms with E-state index in [1.807, 2.05) is 27.7 Å². The summed E-state index contributed by atoms with van der Waals surface area (Å²) in [5.74, 6) is -0.415. The first-order chi connectivity index (χ1) is 13.9. The first-order valence-corrected chi connectivity index (χ1v) is 12.8. The maximum Gasteiger partial charge on any atom is 0.366 e. The van der Waals surface area contributed by atoms with Gasteiger partial charge >= 0.3 is 7.60 Å². The van der Waals surface area contributed by atoms with E-state index in [9.17, 15) is 8.96 Å². The fraction of sp³-hybridized carbons (Fsp3) is 0.619. The molecule has 0 aliphatic carbocycles. The molecule has 0 amide bonds. The minimum atomic E-state index is -3.82. The molecule has 1 aromatic carbocycles. The molecule has 1 rings (SSSR count). The molecule has 0 fully saturated rings. The summed E-state index contributed by atoms with van der Waals surface area (Å²) >= 11 is 0. The lowest BCUT2D eigenvalue weighted by atomic mass is 10.2. The van der Waals surface area contributed by atoms with E-state index >= 15 is 0 Å². The number of hydrogen-bond donors (Lipinski definition) is 0. The van der Waals surface area contributed by atoms with Crippen LogP contribution in [0, 0.1) is 5.82 Å². The molecule has 0 saturated heterocycles. The zero-order valence-corrected chi connectivity index (χ0v) is 21.1. The van der Waals surface area contributed by atoms with E-state index in [1.54, 1.807) is 39.8 Å². The average Bonchev–Trinajstić information content (AvgIpc) is 2.56. The fourth-order valence-electron chi connectivity index (χ4n) is 2.36. The quantitative estimate of drug-likeness (QED) is 0.302. The molecule has 0 saturated carbocycles. The minimum Gasteiger partial charge on any atom is -0.494 e. The Bertz CT molecular complexity index is 725. The lowest BCUT2D eigenvalue weighted by Gasteiger charge is -2.30. The summed E-state index contributed by atoms with van der Waals surface area (Å²) in [5, 5.41) is 0.242. The Morgan fingerprint density at radius 1 is 0.933 bits per heavy atom. The normalized spacial score (nSPS) is 13.4. The van der Waals surface area contributed by atoms with Gasteiger partial charge in [0.05, 0.1) is 31.5 Å². The molecule has 0 spiro atoms. The predicted octanol–water partition coefficient (Wildman–Crippen LogP) is 7.34. The summed E-state index contributed by atoms with van der Waals surface area (Å²) in [4.78, 5) is 0. The average molecular weight is 464 g/mol. The minimum absolute atomic E-state index is 0.118. The van der Waals surface area contributed by atoms with Crippen molar-refractivity contribution < 1.29 is 31.8 Å². The third kappa shape index (κ3) is 8.74. The van der Waals surface area contributed by atoms with Crippen LogP contribution in [0.1, 0.15) is 61.0 Å². The van der Waals surface area contributed by atoms with Crippen LogP contribution in [0.2, 0.25) is 0 Å². The number of hydrogen-bond acceptors (Lipinski definition) is 6. The number of rotatable bonds is 12. The summed E-state index contributed by atoms with van der Waals surface area (Å²) in [7, 11) is -4.23. The Morgan fingerprint density at radius 3 is 1.80 bits per heavy atom. The van der Waals surface area contributed by atoms with Crippen molar-refractivity contribution in [1.29, 1.82) is 0 Å². The second kappa shape index (κ2) is 12.3. The third-order valence-electron chi connectivity index (χ3n) is 3.25. The zero-order valence-electron chi connectivity index (χ0n) is 19.3. The van der Waals surface area contributed by atoms with E-state index in [4.69, 9.17) is 22.8 Å². The molecular formula is C21H35FO6P2. The van der Waals surface area contributed by atoms with Crippen LogP contribution in [0.5, 0.6) is 5.75 Å². The summed E-state index contributed by atoms with van der Waals surface area (Å²) < 4.78 is 56.9. The van der Waals surface area contributed by atoms with E-state index in [1.165, 1.54) is 19.2 Å². The Hall–Kier alpha value is -0.810. The van der Waals surface area contributed by atoms with E-state index in [2.05, 4.69) is 0 Å². The van der Waals surface area contributed by atoms with Crippen LogP contribution in [-0.4, -0.2) is 31.5 Å². The Balaban J connectivity index is 3.66. The lowest BCUT2D eigenvalue weighted by molar-refractivity contribution is 0.146. The Morgan fingerprint density at radius 2 is 1.43 bits per heavy atom. The van der Waals surface area contributed by atoms with E-state index in [0.717, 1.165) is 0 Å². The lowest BCUT2D eigenvalue weighted by Crippen LogP contribution is -2.12. The largest absolute Gasteiger partial charge is 0.494 e. The topological polar surface area (TPSA) is 63.2 Å². The molecule has 0 unspecified atom stereocenters. The molecule has 6 nitrogen and oxygen atoms in total. The van der Waals surface area contributed by atoms with E-state index < -0.39 is 21.8 Å². The van der Waals surface area contributed by atoms with Crippen LogP contribution < -0.4 is 4.74 Å². The first kappa shape index (κ1) is 27.2. The van der Waals surface area contributed by atoms with Gasteiger partial charge in [0, 0.05) is 0 Å². The standard InChI is InChI=1S/C21H35FO6P2/c1-14(2)25-29(26-15(3)4)21(30(23,27-16(5)6)28-17(7)8)13-18-10-11-20(24-9)19(22)12-18/h10-17H,1-9H3/b21-13+. The van der Waals surface area contributed by atoms with Gasteiger partial charge in [-0.05, 0) is 79.2 Å². The highest BCUT2D eigenvalue weighted by Gasteiger charge is 2.40. The molecular weight excluding hydrogens is 429 g/mol. The fourth-order valence-corrected chi connectivity index (χ4v) is 6.69. The molecule has 30 heavy (non-hydrogen) atoms. The summed E-state index contributed by atoms with van der Waals surface area (Å²) in [6.07, 6.45) is 0.431. The third-order valence-corrected chi connectivity index (χ3v) is 8.29.